The summed E-state index contributed by atoms with van der Waals surface area (Å²) >= 11 is 0. The monoisotopic (exact) mass is 456 g/mol. The number of Topliss-reactive ketones (excluding diaryl/α,β-unsaturated/α-hetero) is 2. The number of fused-ring (bicyclic) bond motifs is 3. The van der Waals surface area contributed by atoms with Crippen LogP contribution in [0.15, 0.2) is 29.0 Å². The number of hydrogen-bond donors (Lipinski definition) is 5. The molecule has 1 amide bonds. The minimum absolute atomic E-state index is 0.0823. The molecule has 4 unspecified atom stereocenters. The molecular weight excluding hydrogens is 428 g/mol. The molecule has 9 heteroatoms. The molecule has 3 aliphatic carbocycles. The van der Waals surface area contributed by atoms with Crippen LogP contribution < -0.4 is 5.73 Å². The molecular formula is C24H28N2O7. The number of carbonyl (C=O) groups excluding carboxylic acids is 3. The summed E-state index contributed by atoms with van der Waals surface area (Å²) in [5, 5.41) is 44.0. The van der Waals surface area contributed by atoms with Crippen LogP contribution in [0.25, 0.3) is 5.76 Å². The fraction of sp³-hybridized carbons (Fsp3) is 0.458. The molecule has 4 rings (SSSR count). The largest absolute Gasteiger partial charge is 0.508 e. The van der Waals surface area contributed by atoms with E-state index >= 15 is 0 Å². The van der Waals surface area contributed by atoms with Gasteiger partial charge in [-0.1, -0.05) is 19.9 Å². The number of hydrogen-bond acceptors (Lipinski definition) is 8. The number of aliphatic hydroxyl groups is 3. The van der Waals surface area contributed by atoms with Crippen LogP contribution in [-0.4, -0.2) is 68.5 Å². The van der Waals surface area contributed by atoms with Crippen LogP contribution >= 0.6 is 0 Å². The van der Waals surface area contributed by atoms with Crippen molar-refractivity contribution >= 4 is 23.2 Å². The quantitative estimate of drug-likeness (QED) is 0.422. The lowest BCUT2D eigenvalue weighted by molar-refractivity contribution is -0.153. The van der Waals surface area contributed by atoms with Gasteiger partial charge in [0, 0.05) is 11.5 Å². The normalized spacial score (nSPS) is 29.4. The van der Waals surface area contributed by atoms with Gasteiger partial charge in [-0.3, -0.25) is 19.3 Å². The Morgan fingerprint density at radius 3 is 2.36 bits per heavy atom. The number of likely N-dealkylation sites (N-methyl/N-ethyl adjacent to an activating group) is 1. The van der Waals surface area contributed by atoms with Crippen molar-refractivity contribution in [1.82, 2.24) is 4.90 Å². The molecule has 0 bridgehead atoms. The maximum absolute atomic E-state index is 13.7. The number of nitrogens with two attached hydrogens (primary N) is 1. The molecule has 0 aliphatic heterocycles. The molecule has 176 valence electrons. The van der Waals surface area contributed by atoms with Gasteiger partial charge in [0.25, 0.3) is 5.91 Å². The highest BCUT2D eigenvalue weighted by Gasteiger charge is 2.64. The Morgan fingerprint density at radius 1 is 1.18 bits per heavy atom. The zero-order valence-electron chi connectivity index (χ0n) is 18.9. The van der Waals surface area contributed by atoms with Gasteiger partial charge in [0.1, 0.15) is 22.8 Å². The van der Waals surface area contributed by atoms with E-state index in [-0.39, 0.29) is 29.2 Å². The number of aromatic hydroxyl groups is 1. The number of carbonyl (C=O) groups is 3. The predicted molar refractivity (Wildman–Crippen MR) is 118 cm³/mol. The first kappa shape index (κ1) is 23.0. The van der Waals surface area contributed by atoms with Crippen molar-refractivity contribution in [2.75, 3.05) is 14.1 Å². The Bertz CT molecular complexity index is 1160. The van der Waals surface area contributed by atoms with E-state index in [0.29, 0.717) is 12.0 Å². The summed E-state index contributed by atoms with van der Waals surface area (Å²) in [5.74, 6) is -6.33. The minimum atomic E-state index is -2.62. The van der Waals surface area contributed by atoms with E-state index in [4.69, 9.17) is 5.73 Å². The second-order valence-electron chi connectivity index (χ2n) is 9.64. The summed E-state index contributed by atoms with van der Waals surface area (Å²) in [4.78, 5) is 40.2. The third-order valence-electron chi connectivity index (χ3n) is 7.26. The zero-order chi connectivity index (χ0) is 24.6. The molecule has 1 saturated carbocycles. The topological polar surface area (TPSA) is 161 Å². The van der Waals surface area contributed by atoms with E-state index in [2.05, 4.69) is 0 Å². The first-order valence-corrected chi connectivity index (χ1v) is 10.8. The third-order valence-corrected chi connectivity index (χ3v) is 7.26. The van der Waals surface area contributed by atoms with Crippen LogP contribution in [-0.2, 0) is 20.8 Å². The maximum Gasteiger partial charge on any atom is 0.255 e. The number of rotatable bonds is 3. The van der Waals surface area contributed by atoms with Crippen molar-refractivity contribution in [1.29, 1.82) is 0 Å². The number of nitrogens with zero attached hydrogens (tertiary/aromatic N) is 1. The van der Waals surface area contributed by atoms with Crippen LogP contribution in [0.2, 0.25) is 0 Å². The molecule has 1 aromatic carbocycles. The average Bonchev–Trinajstić information content (AvgIpc) is 2.70. The first-order chi connectivity index (χ1) is 15.3. The van der Waals surface area contributed by atoms with Crippen molar-refractivity contribution in [3.05, 3.63) is 45.7 Å². The average molecular weight is 456 g/mol. The number of phenolic OH excluding ortho intramolecular Hbond substituents is 1. The Balaban J connectivity index is 1.99. The van der Waals surface area contributed by atoms with E-state index in [9.17, 15) is 34.8 Å². The van der Waals surface area contributed by atoms with Gasteiger partial charge in [0.05, 0.1) is 11.6 Å². The second-order valence-corrected chi connectivity index (χ2v) is 9.64. The van der Waals surface area contributed by atoms with Gasteiger partial charge in [0.2, 0.25) is 5.78 Å². The molecule has 6 N–H and O–H groups in total. The van der Waals surface area contributed by atoms with Crippen molar-refractivity contribution in [3.63, 3.8) is 0 Å². The Morgan fingerprint density at radius 2 is 1.82 bits per heavy atom. The summed E-state index contributed by atoms with van der Waals surface area (Å²) in [6, 6.07) is 2.13. The van der Waals surface area contributed by atoms with Gasteiger partial charge in [-0.2, -0.15) is 0 Å². The van der Waals surface area contributed by atoms with Gasteiger partial charge in [-0.05, 0) is 56.0 Å². The van der Waals surface area contributed by atoms with Crippen LogP contribution in [0.1, 0.15) is 42.9 Å². The molecule has 33 heavy (non-hydrogen) atoms. The SMILES string of the molecule is CC(C)c1ccc(O)c2c1CC1CC3C(N(C)C)C(=O)C(C(N)=O)=C(O)C3(O)C(=O)C1=C2O. The van der Waals surface area contributed by atoms with E-state index in [1.807, 2.05) is 13.8 Å². The Labute approximate surface area is 190 Å². The molecule has 1 aromatic rings. The zero-order valence-corrected chi connectivity index (χ0v) is 18.9. The fourth-order valence-corrected chi connectivity index (χ4v) is 5.81. The van der Waals surface area contributed by atoms with Crippen LogP contribution in [0.3, 0.4) is 0 Å². The van der Waals surface area contributed by atoms with Gasteiger partial charge < -0.3 is 26.2 Å². The summed E-state index contributed by atoms with van der Waals surface area (Å²) in [5.41, 5.74) is 3.47. The Kier molecular flexibility index (Phi) is 5.18. The molecule has 0 heterocycles. The highest BCUT2D eigenvalue weighted by molar-refractivity contribution is 6.24. The van der Waals surface area contributed by atoms with Crippen molar-refractivity contribution < 1.29 is 34.8 Å². The van der Waals surface area contributed by atoms with Crippen LogP contribution in [0.4, 0.5) is 0 Å². The molecule has 9 nitrogen and oxygen atoms in total. The molecule has 1 fully saturated rings. The molecule has 0 aromatic heterocycles. The molecule has 0 spiro atoms. The highest BCUT2D eigenvalue weighted by Crippen LogP contribution is 2.53. The number of primary amides is 1. The standard InChI is InChI=1S/C24H28N2O7/c1-9(2)11-5-6-14(27)16-12(11)7-10-8-13-18(26(3)4)20(29)17(23(25)32)22(31)24(13,33)21(30)15(10)19(16)28/h5-6,9-10,13,18,27-28,31,33H,7-8H2,1-4H3,(H2,25,32). The van der Waals surface area contributed by atoms with E-state index in [0.717, 1.165) is 5.56 Å². The lowest BCUT2D eigenvalue weighted by atomic mass is 9.57. The number of benzene rings is 1. The second kappa shape index (κ2) is 7.43. The molecule has 0 radical (unpaired) electrons. The van der Waals surface area contributed by atoms with Gasteiger partial charge >= 0.3 is 0 Å². The van der Waals surface area contributed by atoms with Crippen molar-refractivity contribution in [2.45, 2.75) is 44.2 Å². The number of aliphatic hydroxyl groups excluding tert-OH is 2. The Hall–Kier alpha value is -3.17. The van der Waals surface area contributed by atoms with Gasteiger partial charge in [-0.15, -0.1) is 0 Å². The lowest BCUT2D eigenvalue weighted by Crippen LogP contribution is -2.65. The number of ketones is 2. The lowest BCUT2D eigenvalue weighted by Gasteiger charge is -2.50. The number of amides is 1. The number of phenols is 1. The minimum Gasteiger partial charge on any atom is -0.508 e. The molecule has 4 atom stereocenters. The summed E-state index contributed by atoms with van der Waals surface area (Å²) in [6.45, 7) is 3.95. The first-order valence-electron chi connectivity index (χ1n) is 10.8. The molecule has 3 aliphatic rings. The van der Waals surface area contributed by atoms with Crippen LogP contribution in [0.5, 0.6) is 5.75 Å². The van der Waals surface area contributed by atoms with Gasteiger partial charge in [0.15, 0.2) is 11.4 Å². The maximum atomic E-state index is 13.7. The van der Waals surface area contributed by atoms with E-state index < -0.39 is 58.0 Å². The van der Waals surface area contributed by atoms with Crippen molar-refractivity contribution in [3.8, 4) is 5.75 Å². The fourth-order valence-electron chi connectivity index (χ4n) is 5.81. The van der Waals surface area contributed by atoms with Crippen molar-refractivity contribution in [2.24, 2.45) is 17.6 Å². The molecule has 0 saturated heterocycles. The summed E-state index contributed by atoms with van der Waals surface area (Å²) in [6.07, 6.45) is 0.384. The van der Waals surface area contributed by atoms with Crippen LogP contribution in [0, 0.1) is 11.8 Å². The summed E-state index contributed by atoms with van der Waals surface area (Å²) in [7, 11) is 3.14. The van der Waals surface area contributed by atoms with E-state index in [1.54, 1.807) is 20.2 Å². The predicted octanol–water partition coefficient (Wildman–Crippen LogP) is 1.09. The highest BCUT2D eigenvalue weighted by atomic mass is 16.3. The van der Waals surface area contributed by atoms with Gasteiger partial charge in [-0.25, -0.2) is 0 Å². The van der Waals surface area contributed by atoms with E-state index in [1.165, 1.54) is 11.0 Å². The summed E-state index contributed by atoms with van der Waals surface area (Å²) < 4.78 is 0. The smallest absolute Gasteiger partial charge is 0.255 e. The third kappa shape index (κ3) is 2.95.